The lowest BCUT2D eigenvalue weighted by Crippen LogP contribution is -2.49. The molecule has 1 aromatic heterocycles. The number of carbonyl (C=O) groups is 2. The molecule has 11 nitrogen and oxygen atoms in total. The van der Waals surface area contributed by atoms with Gasteiger partial charge in [0.05, 0.1) is 18.2 Å². The zero-order valence-corrected chi connectivity index (χ0v) is 26.8. The Morgan fingerprint density at radius 2 is 1.80 bits per heavy atom. The second kappa shape index (κ2) is 14.5. The van der Waals surface area contributed by atoms with Gasteiger partial charge in [-0.3, -0.25) is 9.69 Å². The third-order valence-electron chi connectivity index (χ3n) is 8.04. The van der Waals surface area contributed by atoms with E-state index in [1.54, 1.807) is 36.9 Å². The van der Waals surface area contributed by atoms with Crippen molar-refractivity contribution in [1.82, 2.24) is 15.0 Å². The number of nitrogens with zero attached hydrogens (tertiary/aromatic N) is 3. The minimum atomic E-state index is -0.498. The van der Waals surface area contributed by atoms with E-state index >= 15 is 0 Å². The molecule has 1 aliphatic rings. The molecule has 0 fully saturated rings. The first kappa shape index (κ1) is 32.5. The quantitative estimate of drug-likeness (QED) is 0.193. The third kappa shape index (κ3) is 7.85. The molecule has 46 heavy (non-hydrogen) atoms. The standard InChI is InChI=1S/C35H41N5O6/c1-22-18-40(23(2)21-41)34(42)30-17-27(36-35(43)37-33-24(3)38-46-25(33)4)13-16-31(30)45-32(22)20-39(5)19-26-11-14-29(15-12-26)44-28-9-7-6-8-10-28/h6-17,22-23,32,41H,18-21H2,1-5H3,(H2,36,37,43)/t22-,23-,32+/m1/s1. The molecule has 3 atom stereocenters. The van der Waals surface area contributed by atoms with Gasteiger partial charge < -0.3 is 34.6 Å². The van der Waals surface area contributed by atoms with E-state index in [0.29, 0.717) is 53.8 Å². The van der Waals surface area contributed by atoms with Gasteiger partial charge in [0, 0.05) is 31.2 Å². The first-order valence-electron chi connectivity index (χ1n) is 15.3. The number of hydrogen-bond acceptors (Lipinski definition) is 8. The number of aliphatic hydroxyl groups excluding tert-OH is 1. The van der Waals surface area contributed by atoms with Gasteiger partial charge in [0.15, 0.2) is 5.76 Å². The van der Waals surface area contributed by atoms with Crippen LogP contribution in [0.1, 0.15) is 41.2 Å². The number of rotatable bonds is 10. The zero-order chi connectivity index (χ0) is 32.8. The van der Waals surface area contributed by atoms with Crippen molar-refractivity contribution in [2.24, 2.45) is 5.92 Å². The van der Waals surface area contributed by atoms with Gasteiger partial charge in [0.2, 0.25) is 0 Å². The molecule has 11 heteroatoms. The predicted octanol–water partition coefficient (Wildman–Crippen LogP) is 6.08. The molecule has 2 heterocycles. The number of aryl methyl sites for hydroxylation is 2. The summed E-state index contributed by atoms with van der Waals surface area (Å²) >= 11 is 0. The summed E-state index contributed by atoms with van der Waals surface area (Å²) in [6.07, 6.45) is -0.257. The number of ether oxygens (including phenoxy) is 2. The fourth-order valence-electron chi connectivity index (χ4n) is 5.43. The summed E-state index contributed by atoms with van der Waals surface area (Å²) in [7, 11) is 2.04. The summed E-state index contributed by atoms with van der Waals surface area (Å²) in [6, 6.07) is 21.8. The molecule has 3 amide bonds. The van der Waals surface area contributed by atoms with Crippen LogP contribution in [0.15, 0.2) is 77.3 Å². The number of hydrogen-bond donors (Lipinski definition) is 3. The van der Waals surface area contributed by atoms with E-state index in [-0.39, 0.29) is 24.5 Å². The van der Waals surface area contributed by atoms with Gasteiger partial charge in [0.25, 0.3) is 5.91 Å². The number of nitrogens with one attached hydrogen (secondary N) is 2. The van der Waals surface area contributed by atoms with Crippen molar-refractivity contribution in [3.8, 4) is 17.2 Å². The third-order valence-corrected chi connectivity index (χ3v) is 8.04. The minimum absolute atomic E-state index is 0.0335. The van der Waals surface area contributed by atoms with Crippen LogP contribution in [0.2, 0.25) is 0 Å². The summed E-state index contributed by atoms with van der Waals surface area (Å²) in [5.74, 6) is 2.15. The first-order chi connectivity index (χ1) is 22.1. The maximum absolute atomic E-state index is 13.8. The van der Waals surface area contributed by atoms with Crippen molar-refractivity contribution in [2.75, 3.05) is 37.4 Å². The van der Waals surface area contributed by atoms with E-state index in [1.807, 2.05) is 68.6 Å². The fraction of sp³-hybridized carbons (Fsp3) is 0.343. The number of anilines is 2. The van der Waals surface area contributed by atoms with Crippen molar-refractivity contribution in [3.05, 3.63) is 95.4 Å². The van der Waals surface area contributed by atoms with E-state index < -0.39 is 12.1 Å². The van der Waals surface area contributed by atoms with E-state index in [4.69, 9.17) is 14.0 Å². The molecule has 3 aromatic carbocycles. The van der Waals surface area contributed by atoms with Crippen LogP contribution < -0.4 is 20.1 Å². The van der Waals surface area contributed by atoms with Crippen LogP contribution in [-0.2, 0) is 6.54 Å². The number of para-hydroxylation sites is 1. The predicted molar refractivity (Wildman–Crippen MR) is 176 cm³/mol. The van der Waals surface area contributed by atoms with E-state index in [1.165, 1.54) is 0 Å². The van der Waals surface area contributed by atoms with E-state index in [9.17, 15) is 14.7 Å². The van der Waals surface area contributed by atoms with Gasteiger partial charge in [-0.1, -0.05) is 42.4 Å². The molecule has 0 saturated carbocycles. The van der Waals surface area contributed by atoms with Gasteiger partial charge in [-0.05, 0) is 75.8 Å². The molecule has 0 aliphatic carbocycles. The second-order valence-corrected chi connectivity index (χ2v) is 11.9. The number of amides is 3. The largest absolute Gasteiger partial charge is 0.488 e. The molecule has 0 spiro atoms. The summed E-state index contributed by atoms with van der Waals surface area (Å²) in [5, 5.41) is 19.4. The number of likely N-dealkylation sites (N-methyl/N-ethyl adjacent to an activating group) is 1. The summed E-state index contributed by atoms with van der Waals surface area (Å²) < 4.78 is 17.6. The Bertz CT molecular complexity index is 1620. The highest BCUT2D eigenvalue weighted by Gasteiger charge is 2.33. The normalized spacial score (nSPS) is 17.0. The van der Waals surface area contributed by atoms with Crippen molar-refractivity contribution in [1.29, 1.82) is 0 Å². The number of carbonyl (C=O) groups excluding carboxylic acids is 2. The highest BCUT2D eigenvalue weighted by atomic mass is 16.5. The Kier molecular flexibility index (Phi) is 10.2. The average Bonchev–Trinajstić information content (AvgIpc) is 3.36. The van der Waals surface area contributed by atoms with Gasteiger partial charge in [-0.25, -0.2) is 4.79 Å². The van der Waals surface area contributed by atoms with Crippen LogP contribution in [0.5, 0.6) is 17.2 Å². The minimum Gasteiger partial charge on any atom is -0.488 e. The second-order valence-electron chi connectivity index (χ2n) is 11.9. The maximum atomic E-state index is 13.8. The van der Waals surface area contributed by atoms with Gasteiger partial charge >= 0.3 is 6.03 Å². The molecule has 242 valence electrons. The van der Waals surface area contributed by atoms with Crippen LogP contribution >= 0.6 is 0 Å². The molecule has 0 unspecified atom stereocenters. The molecular weight excluding hydrogens is 586 g/mol. The summed E-state index contributed by atoms with van der Waals surface area (Å²) in [6.45, 7) is 8.81. The molecule has 0 radical (unpaired) electrons. The lowest BCUT2D eigenvalue weighted by Gasteiger charge is -2.38. The Hall–Kier alpha value is -4.87. The molecule has 3 N–H and O–H groups in total. The molecular formula is C35H41N5O6. The van der Waals surface area contributed by atoms with Crippen molar-refractivity contribution in [2.45, 2.75) is 46.4 Å². The number of aromatic nitrogens is 1. The number of benzene rings is 3. The SMILES string of the molecule is Cc1noc(C)c1NC(=O)Nc1ccc2c(c1)C(=O)N([C@H](C)CO)C[C@@H](C)[C@H](CN(C)Cc1ccc(Oc3ccccc3)cc1)O2. The number of urea groups is 1. The average molecular weight is 628 g/mol. The first-order valence-corrected chi connectivity index (χ1v) is 15.3. The van der Waals surface area contributed by atoms with Crippen LogP contribution in [0.25, 0.3) is 0 Å². The lowest BCUT2D eigenvalue weighted by molar-refractivity contribution is 0.0341. The monoisotopic (exact) mass is 627 g/mol. The number of aliphatic hydroxyl groups is 1. The van der Waals surface area contributed by atoms with Gasteiger partial charge in [0.1, 0.15) is 34.7 Å². The van der Waals surface area contributed by atoms with Crippen LogP contribution in [0, 0.1) is 19.8 Å². The Labute approximate surface area is 269 Å². The Morgan fingerprint density at radius 3 is 2.48 bits per heavy atom. The van der Waals surface area contributed by atoms with Gasteiger partial charge in [-0.2, -0.15) is 0 Å². The van der Waals surface area contributed by atoms with Crippen LogP contribution in [0.3, 0.4) is 0 Å². The highest BCUT2D eigenvalue weighted by molar-refractivity contribution is 6.03. The smallest absolute Gasteiger partial charge is 0.323 e. The van der Waals surface area contributed by atoms with Crippen molar-refractivity contribution in [3.63, 3.8) is 0 Å². The topological polar surface area (TPSA) is 129 Å². The summed E-state index contributed by atoms with van der Waals surface area (Å²) in [5.41, 5.74) is 2.89. The van der Waals surface area contributed by atoms with Crippen LogP contribution in [0.4, 0.5) is 16.2 Å². The molecule has 4 aromatic rings. The number of fused-ring (bicyclic) bond motifs is 1. The van der Waals surface area contributed by atoms with E-state index in [0.717, 1.165) is 17.1 Å². The highest BCUT2D eigenvalue weighted by Crippen LogP contribution is 2.31. The van der Waals surface area contributed by atoms with Crippen molar-refractivity contribution >= 4 is 23.3 Å². The zero-order valence-electron chi connectivity index (χ0n) is 26.8. The summed E-state index contributed by atoms with van der Waals surface area (Å²) in [4.78, 5) is 30.4. The Morgan fingerprint density at radius 1 is 1.09 bits per heavy atom. The molecule has 5 rings (SSSR count). The van der Waals surface area contributed by atoms with E-state index in [2.05, 4.69) is 27.6 Å². The molecule has 0 saturated heterocycles. The van der Waals surface area contributed by atoms with Crippen LogP contribution in [-0.4, -0.2) is 70.9 Å². The lowest BCUT2D eigenvalue weighted by atomic mass is 9.99. The van der Waals surface area contributed by atoms with Crippen molar-refractivity contribution < 1.29 is 28.7 Å². The van der Waals surface area contributed by atoms with Gasteiger partial charge in [-0.15, -0.1) is 0 Å². The Balaban J connectivity index is 1.30. The molecule has 0 bridgehead atoms. The molecule has 1 aliphatic heterocycles. The maximum Gasteiger partial charge on any atom is 0.323 e. The fourth-order valence-corrected chi connectivity index (χ4v) is 5.43.